The molecule has 4 rings (SSSR count). The summed E-state index contributed by atoms with van der Waals surface area (Å²) in [5.41, 5.74) is 2.33. The number of benzene rings is 1. The fourth-order valence-electron chi connectivity index (χ4n) is 4.64. The molecule has 1 aromatic heterocycles. The minimum atomic E-state index is 0.111. The van der Waals surface area contributed by atoms with Gasteiger partial charge in [0.1, 0.15) is 0 Å². The molecule has 4 nitrogen and oxygen atoms in total. The first-order chi connectivity index (χ1) is 11.7. The van der Waals surface area contributed by atoms with E-state index < -0.39 is 0 Å². The van der Waals surface area contributed by atoms with E-state index in [0.717, 1.165) is 43.8 Å². The summed E-state index contributed by atoms with van der Waals surface area (Å²) in [5.74, 6) is 0. The number of hydrogen-bond donors (Lipinski definition) is 1. The molecular formula is C20H27N3O. The number of aliphatic hydroxyl groups excluding tert-OH is 1. The quantitative estimate of drug-likeness (QED) is 0.941. The van der Waals surface area contributed by atoms with E-state index in [1.807, 2.05) is 6.07 Å². The van der Waals surface area contributed by atoms with Gasteiger partial charge in [0, 0.05) is 29.9 Å². The minimum absolute atomic E-state index is 0.111. The van der Waals surface area contributed by atoms with Gasteiger partial charge in [-0.2, -0.15) is 0 Å². The van der Waals surface area contributed by atoms with Crippen LogP contribution >= 0.6 is 0 Å². The number of para-hydroxylation sites is 1. The normalized spacial score (nSPS) is 28.8. The van der Waals surface area contributed by atoms with Crippen molar-refractivity contribution < 1.29 is 5.11 Å². The lowest BCUT2D eigenvalue weighted by molar-refractivity contribution is -0.0686. The molecule has 2 atom stereocenters. The molecule has 0 bridgehead atoms. The molecule has 0 amide bonds. The zero-order valence-electron chi connectivity index (χ0n) is 14.5. The number of pyridine rings is 1. The molecule has 2 fully saturated rings. The standard InChI is InChI=1S/C20H27N3O/c1-22-11-4-9-20(15-24)10-12-23(14-19(20)22)13-17-8-7-16-5-2-3-6-18(16)21-17/h2-3,5-8,19,24H,4,9-15H2,1H3/t19-,20-/m1/s1. The lowest BCUT2D eigenvalue weighted by atomic mass is 9.69. The molecule has 128 valence electrons. The van der Waals surface area contributed by atoms with Crippen LogP contribution in [0.2, 0.25) is 0 Å². The molecule has 3 heterocycles. The van der Waals surface area contributed by atoms with E-state index in [1.165, 1.54) is 18.2 Å². The summed E-state index contributed by atoms with van der Waals surface area (Å²) in [6, 6.07) is 13.1. The smallest absolute Gasteiger partial charge is 0.0705 e. The van der Waals surface area contributed by atoms with Crippen LogP contribution in [0.25, 0.3) is 10.9 Å². The fraction of sp³-hybridized carbons (Fsp3) is 0.550. The molecule has 1 aromatic carbocycles. The summed E-state index contributed by atoms with van der Waals surface area (Å²) >= 11 is 0. The lowest BCUT2D eigenvalue weighted by Gasteiger charge is -2.53. The average Bonchev–Trinajstić information content (AvgIpc) is 2.62. The molecule has 2 saturated heterocycles. The van der Waals surface area contributed by atoms with Gasteiger partial charge in [0.25, 0.3) is 0 Å². The molecule has 0 radical (unpaired) electrons. The van der Waals surface area contributed by atoms with Gasteiger partial charge in [-0.15, -0.1) is 0 Å². The fourth-order valence-corrected chi connectivity index (χ4v) is 4.64. The van der Waals surface area contributed by atoms with Gasteiger partial charge in [-0.05, 0) is 51.5 Å². The van der Waals surface area contributed by atoms with Crippen molar-refractivity contribution in [1.82, 2.24) is 14.8 Å². The summed E-state index contributed by atoms with van der Waals surface area (Å²) in [7, 11) is 2.21. The van der Waals surface area contributed by atoms with Crippen molar-refractivity contribution in [3.05, 3.63) is 42.1 Å². The van der Waals surface area contributed by atoms with Crippen LogP contribution in [-0.4, -0.2) is 59.2 Å². The maximum atomic E-state index is 10.0. The number of hydrogen-bond acceptors (Lipinski definition) is 4. The van der Waals surface area contributed by atoms with Gasteiger partial charge >= 0.3 is 0 Å². The molecule has 24 heavy (non-hydrogen) atoms. The summed E-state index contributed by atoms with van der Waals surface area (Å²) in [4.78, 5) is 9.79. The second kappa shape index (κ2) is 6.43. The second-order valence-electron chi connectivity index (χ2n) is 7.60. The molecule has 0 saturated carbocycles. The highest BCUT2D eigenvalue weighted by atomic mass is 16.3. The van der Waals surface area contributed by atoms with E-state index in [4.69, 9.17) is 4.98 Å². The highest BCUT2D eigenvalue weighted by molar-refractivity contribution is 5.78. The predicted octanol–water partition coefficient (Wildman–Crippen LogP) is 2.51. The average molecular weight is 325 g/mol. The largest absolute Gasteiger partial charge is 0.396 e. The van der Waals surface area contributed by atoms with Crippen LogP contribution in [-0.2, 0) is 6.54 Å². The van der Waals surface area contributed by atoms with Gasteiger partial charge < -0.3 is 10.0 Å². The molecule has 2 aliphatic heterocycles. The van der Waals surface area contributed by atoms with Gasteiger partial charge in [0.15, 0.2) is 0 Å². The van der Waals surface area contributed by atoms with Crippen molar-refractivity contribution in [3.8, 4) is 0 Å². The van der Waals surface area contributed by atoms with Crippen LogP contribution in [0.1, 0.15) is 25.0 Å². The van der Waals surface area contributed by atoms with Crippen molar-refractivity contribution >= 4 is 10.9 Å². The molecule has 0 spiro atoms. The van der Waals surface area contributed by atoms with E-state index in [1.54, 1.807) is 0 Å². The molecule has 4 heteroatoms. The van der Waals surface area contributed by atoms with Gasteiger partial charge in [0.05, 0.1) is 17.8 Å². The Morgan fingerprint density at radius 1 is 1.17 bits per heavy atom. The van der Waals surface area contributed by atoms with Gasteiger partial charge in [0.2, 0.25) is 0 Å². The van der Waals surface area contributed by atoms with Crippen molar-refractivity contribution in [2.24, 2.45) is 5.41 Å². The van der Waals surface area contributed by atoms with Crippen molar-refractivity contribution in [2.75, 3.05) is 33.3 Å². The molecule has 2 aromatic rings. The Hall–Kier alpha value is -1.49. The number of likely N-dealkylation sites (N-methyl/N-ethyl adjacent to an activating group) is 1. The van der Waals surface area contributed by atoms with E-state index in [-0.39, 0.29) is 5.41 Å². The van der Waals surface area contributed by atoms with Crippen LogP contribution in [0.4, 0.5) is 0 Å². The molecular weight excluding hydrogens is 298 g/mol. The molecule has 2 aliphatic rings. The first kappa shape index (κ1) is 16.0. The third-order valence-electron chi connectivity index (χ3n) is 6.14. The number of piperidine rings is 2. The van der Waals surface area contributed by atoms with Gasteiger partial charge in [-0.1, -0.05) is 24.3 Å². The highest BCUT2D eigenvalue weighted by Crippen LogP contribution is 2.41. The van der Waals surface area contributed by atoms with Gasteiger partial charge in [-0.25, -0.2) is 0 Å². The Balaban J connectivity index is 1.51. The molecule has 0 unspecified atom stereocenters. The van der Waals surface area contributed by atoms with E-state index in [2.05, 4.69) is 47.2 Å². The Bertz CT molecular complexity index is 719. The first-order valence-electron chi connectivity index (χ1n) is 9.08. The van der Waals surface area contributed by atoms with Crippen molar-refractivity contribution in [1.29, 1.82) is 0 Å². The molecule has 0 aliphatic carbocycles. The van der Waals surface area contributed by atoms with Gasteiger partial charge in [-0.3, -0.25) is 9.88 Å². The topological polar surface area (TPSA) is 39.6 Å². The number of likely N-dealkylation sites (tertiary alicyclic amines) is 2. The minimum Gasteiger partial charge on any atom is -0.396 e. The van der Waals surface area contributed by atoms with Crippen LogP contribution in [0.15, 0.2) is 36.4 Å². The maximum absolute atomic E-state index is 10.0. The summed E-state index contributed by atoms with van der Waals surface area (Å²) < 4.78 is 0. The predicted molar refractivity (Wildman–Crippen MR) is 96.8 cm³/mol. The van der Waals surface area contributed by atoms with E-state index >= 15 is 0 Å². The van der Waals surface area contributed by atoms with Crippen LogP contribution < -0.4 is 0 Å². The number of fused-ring (bicyclic) bond motifs is 2. The van der Waals surface area contributed by atoms with Crippen LogP contribution in [0, 0.1) is 5.41 Å². The SMILES string of the molecule is CN1CCC[C@]2(CO)CCN(Cc3ccc4ccccc4n3)C[C@@H]12. The Morgan fingerprint density at radius 3 is 2.92 bits per heavy atom. The maximum Gasteiger partial charge on any atom is 0.0705 e. The second-order valence-corrected chi connectivity index (χ2v) is 7.60. The molecule has 1 N–H and O–H groups in total. The number of aromatic nitrogens is 1. The number of nitrogens with zero attached hydrogens (tertiary/aromatic N) is 3. The van der Waals surface area contributed by atoms with Crippen molar-refractivity contribution in [3.63, 3.8) is 0 Å². The monoisotopic (exact) mass is 325 g/mol. The zero-order chi connectivity index (χ0) is 16.6. The number of rotatable bonds is 3. The Labute approximate surface area is 144 Å². The van der Waals surface area contributed by atoms with Crippen LogP contribution in [0.3, 0.4) is 0 Å². The summed E-state index contributed by atoms with van der Waals surface area (Å²) in [5, 5.41) is 11.2. The van der Waals surface area contributed by atoms with Crippen LogP contribution in [0.5, 0.6) is 0 Å². The summed E-state index contributed by atoms with van der Waals surface area (Å²) in [6.07, 6.45) is 3.46. The Kier molecular flexibility index (Phi) is 4.29. The third kappa shape index (κ3) is 2.83. The number of aliphatic hydroxyl groups is 1. The van der Waals surface area contributed by atoms with E-state index in [0.29, 0.717) is 12.6 Å². The first-order valence-corrected chi connectivity index (χ1v) is 9.08. The summed E-state index contributed by atoms with van der Waals surface area (Å²) in [6.45, 7) is 4.46. The Morgan fingerprint density at radius 2 is 2.04 bits per heavy atom. The zero-order valence-corrected chi connectivity index (χ0v) is 14.5. The third-order valence-corrected chi connectivity index (χ3v) is 6.14. The van der Waals surface area contributed by atoms with E-state index in [9.17, 15) is 5.11 Å². The van der Waals surface area contributed by atoms with Crippen molar-refractivity contribution in [2.45, 2.75) is 31.8 Å². The highest BCUT2D eigenvalue weighted by Gasteiger charge is 2.46. The lowest BCUT2D eigenvalue weighted by Crippen LogP contribution is -2.61.